The van der Waals surface area contributed by atoms with E-state index in [9.17, 15) is 0 Å². The van der Waals surface area contributed by atoms with Crippen LogP contribution >= 0.6 is 0 Å². The summed E-state index contributed by atoms with van der Waals surface area (Å²) < 4.78 is 5.79. The quantitative estimate of drug-likeness (QED) is 0.188. The zero-order valence-electron chi connectivity index (χ0n) is 18.8. The first-order valence-corrected chi connectivity index (χ1v) is 12.7. The average molecular weight is 382 g/mol. The number of hydrogen-bond donors (Lipinski definition) is 0. The van der Waals surface area contributed by atoms with E-state index in [0.29, 0.717) is 0 Å². The molecule has 162 valence electrons. The summed E-state index contributed by atoms with van der Waals surface area (Å²) >= 11 is 0. The lowest BCUT2D eigenvalue weighted by Gasteiger charge is -2.13. The van der Waals surface area contributed by atoms with Crippen LogP contribution in [0.3, 0.4) is 0 Å². The summed E-state index contributed by atoms with van der Waals surface area (Å²) in [5.41, 5.74) is 0. The minimum absolute atomic E-state index is 0.968. The summed E-state index contributed by atoms with van der Waals surface area (Å²) in [6, 6.07) is 0. The Morgan fingerprint density at radius 3 is 1.41 bits per heavy atom. The van der Waals surface area contributed by atoms with Crippen molar-refractivity contribution < 1.29 is 4.74 Å². The van der Waals surface area contributed by atoms with Crippen molar-refractivity contribution >= 4 is 0 Å². The number of rotatable bonds is 21. The Hall–Kier alpha value is -0.0800. The van der Waals surface area contributed by atoms with Crippen LogP contribution in [-0.2, 0) is 4.74 Å². The van der Waals surface area contributed by atoms with Gasteiger partial charge < -0.3 is 9.64 Å². The summed E-state index contributed by atoms with van der Waals surface area (Å²) in [4.78, 5) is 2.58. The van der Waals surface area contributed by atoms with Gasteiger partial charge in [-0.2, -0.15) is 0 Å². The Labute approximate surface area is 171 Å². The Balaban J connectivity index is 1.62. The molecule has 2 nitrogen and oxygen atoms in total. The molecule has 1 saturated heterocycles. The largest absolute Gasteiger partial charge is 0.381 e. The van der Waals surface area contributed by atoms with Crippen LogP contribution in [0.25, 0.3) is 0 Å². The topological polar surface area (TPSA) is 12.5 Å². The van der Waals surface area contributed by atoms with Gasteiger partial charge in [0.15, 0.2) is 0 Å². The van der Waals surface area contributed by atoms with Gasteiger partial charge in [-0.1, -0.05) is 103 Å². The molecular formula is C25H51NO. The first-order valence-electron chi connectivity index (χ1n) is 12.7. The Kier molecular flexibility index (Phi) is 19.1. The van der Waals surface area contributed by atoms with Gasteiger partial charge in [-0.15, -0.1) is 0 Å². The van der Waals surface area contributed by atoms with Crippen LogP contribution in [-0.4, -0.2) is 37.7 Å². The lowest BCUT2D eigenvalue weighted by atomic mass is 10.0. The third kappa shape index (κ3) is 17.7. The number of hydrogen-bond acceptors (Lipinski definition) is 2. The molecular weight excluding hydrogens is 330 g/mol. The van der Waals surface area contributed by atoms with E-state index in [0.717, 1.165) is 13.2 Å². The summed E-state index contributed by atoms with van der Waals surface area (Å²) in [6.07, 6.45) is 27.0. The van der Waals surface area contributed by atoms with Crippen LogP contribution < -0.4 is 0 Å². The lowest BCUT2D eigenvalue weighted by molar-refractivity contribution is 0.119. The second-order valence-corrected chi connectivity index (χ2v) is 8.82. The third-order valence-corrected chi connectivity index (χ3v) is 6.10. The van der Waals surface area contributed by atoms with Crippen LogP contribution in [0, 0.1) is 0 Å². The summed E-state index contributed by atoms with van der Waals surface area (Å²) in [7, 11) is 0. The van der Waals surface area contributed by atoms with Crippen LogP contribution in [0.1, 0.15) is 129 Å². The van der Waals surface area contributed by atoms with Crippen molar-refractivity contribution in [2.75, 3.05) is 32.8 Å². The number of likely N-dealkylation sites (tertiary alicyclic amines) is 1. The summed E-state index contributed by atoms with van der Waals surface area (Å²) in [5, 5.41) is 0. The fraction of sp³-hybridized carbons (Fsp3) is 1.00. The summed E-state index contributed by atoms with van der Waals surface area (Å²) in [6.45, 7) is 8.14. The molecule has 1 fully saturated rings. The molecule has 0 radical (unpaired) electrons. The molecule has 0 atom stereocenters. The van der Waals surface area contributed by atoms with Crippen molar-refractivity contribution in [3.8, 4) is 0 Å². The average Bonchev–Trinajstić information content (AvgIpc) is 3.20. The molecule has 2 heteroatoms. The van der Waals surface area contributed by atoms with Crippen LogP contribution in [0.5, 0.6) is 0 Å². The molecule has 0 spiro atoms. The Morgan fingerprint density at radius 1 is 0.519 bits per heavy atom. The van der Waals surface area contributed by atoms with Gasteiger partial charge >= 0.3 is 0 Å². The molecule has 0 N–H and O–H groups in total. The maximum Gasteiger partial charge on any atom is 0.0478 e. The van der Waals surface area contributed by atoms with E-state index in [-0.39, 0.29) is 0 Å². The third-order valence-electron chi connectivity index (χ3n) is 6.10. The van der Waals surface area contributed by atoms with E-state index >= 15 is 0 Å². The van der Waals surface area contributed by atoms with Crippen LogP contribution in [0.4, 0.5) is 0 Å². The standard InChI is InChI=1S/C25H51NO/c1-2-3-4-5-6-7-8-9-10-11-12-13-14-15-16-19-24-27-25-20-23-26-21-17-18-22-26/h2-25H2,1H3. The van der Waals surface area contributed by atoms with Gasteiger partial charge in [0.05, 0.1) is 0 Å². The fourth-order valence-corrected chi connectivity index (χ4v) is 4.25. The van der Waals surface area contributed by atoms with Gasteiger partial charge in [0.1, 0.15) is 0 Å². The predicted molar refractivity (Wildman–Crippen MR) is 121 cm³/mol. The zero-order valence-corrected chi connectivity index (χ0v) is 18.8. The first-order chi connectivity index (χ1) is 13.4. The summed E-state index contributed by atoms with van der Waals surface area (Å²) in [5.74, 6) is 0. The molecule has 0 saturated carbocycles. The molecule has 0 aromatic carbocycles. The first kappa shape index (κ1) is 25.0. The minimum atomic E-state index is 0.968. The Bertz CT molecular complexity index is 275. The van der Waals surface area contributed by atoms with Crippen molar-refractivity contribution in [1.82, 2.24) is 4.90 Å². The second-order valence-electron chi connectivity index (χ2n) is 8.82. The molecule has 1 heterocycles. The smallest absolute Gasteiger partial charge is 0.0478 e. The van der Waals surface area contributed by atoms with E-state index in [1.807, 2.05) is 0 Å². The fourth-order valence-electron chi connectivity index (χ4n) is 4.25. The molecule has 0 unspecified atom stereocenters. The van der Waals surface area contributed by atoms with Crippen molar-refractivity contribution in [3.63, 3.8) is 0 Å². The lowest BCUT2D eigenvalue weighted by Crippen LogP contribution is -2.21. The molecule has 0 bridgehead atoms. The highest BCUT2D eigenvalue weighted by Crippen LogP contribution is 2.13. The number of nitrogens with zero attached hydrogens (tertiary/aromatic N) is 1. The van der Waals surface area contributed by atoms with Crippen molar-refractivity contribution in [1.29, 1.82) is 0 Å². The van der Waals surface area contributed by atoms with E-state index in [4.69, 9.17) is 4.74 Å². The molecule has 0 amide bonds. The van der Waals surface area contributed by atoms with Crippen molar-refractivity contribution in [3.05, 3.63) is 0 Å². The monoisotopic (exact) mass is 381 g/mol. The van der Waals surface area contributed by atoms with Gasteiger partial charge in [-0.25, -0.2) is 0 Å². The van der Waals surface area contributed by atoms with Gasteiger partial charge in [0.2, 0.25) is 0 Å². The van der Waals surface area contributed by atoms with Crippen LogP contribution in [0.15, 0.2) is 0 Å². The zero-order chi connectivity index (χ0) is 19.3. The molecule has 27 heavy (non-hydrogen) atoms. The SMILES string of the molecule is CCCCCCCCCCCCCCCCCCOCCCN1CCCC1. The molecule has 0 aromatic rings. The van der Waals surface area contributed by atoms with E-state index < -0.39 is 0 Å². The highest BCUT2D eigenvalue weighted by molar-refractivity contribution is 4.65. The molecule has 1 aliphatic rings. The normalized spacial score (nSPS) is 15.0. The molecule has 0 aliphatic carbocycles. The van der Waals surface area contributed by atoms with E-state index in [1.54, 1.807) is 0 Å². The van der Waals surface area contributed by atoms with Crippen molar-refractivity contribution in [2.45, 2.75) is 129 Å². The van der Waals surface area contributed by atoms with Gasteiger partial charge in [-0.05, 0) is 38.8 Å². The maximum absolute atomic E-state index is 5.79. The Morgan fingerprint density at radius 2 is 0.926 bits per heavy atom. The minimum Gasteiger partial charge on any atom is -0.381 e. The van der Waals surface area contributed by atoms with Crippen LogP contribution in [0.2, 0.25) is 0 Å². The van der Waals surface area contributed by atoms with E-state index in [2.05, 4.69) is 11.8 Å². The predicted octanol–water partition coefficient (Wildman–Crippen LogP) is 7.75. The number of unbranched alkanes of at least 4 members (excludes halogenated alkanes) is 15. The molecule has 0 aromatic heterocycles. The molecule has 1 aliphatic heterocycles. The number of ether oxygens (including phenoxy) is 1. The highest BCUT2D eigenvalue weighted by atomic mass is 16.5. The molecule has 1 rings (SSSR count). The van der Waals surface area contributed by atoms with E-state index in [1.165, 1.54) is 142 Å². The van der Waals surface area contributed by atoms with Gasteiger partial charge in [0.25, 0.3) is 0 Å². The van der Waals surface area contributed by atoms with Gasteiger partial charge in [0, 0.05) is 19.8 Å². The highest BCUT2D eigenvalue weighted by Gasteiger charge is 2.09. The second kappa shape index (κ2) is 20.6. The maximum atomic E-state index is 5.79. The van der Waals surface area contributed by atoms with Gasteiger partial charge in [-0.3, -0.25) is 0 Å². The van der Waals surface area contributed by atoms with Crippen molar-refractivity contribution in [2.24, 2.45) is 0 Å².